The summed E-state index contributed by atoms with van der Waals surface area (Å²) >= 11 is 6.03. The van der Waals surface area contributed by atoms with Crippen LogP contribution in [-0.4, -0.2) is 41.9 Å². The minimum atomic E-state index is -0.553. The SMILES string of the molecule is O=C(c1c(Cl)cccc1[N+](=O)[O-])N1CCC2(CCNC2)C1. The first kappa shape index (κ1) is 14.3. The van der Waals surface area contributed by atoms with E-state index in [0.717, 1.165) is 25.9 Å². The lowest BCUT2D eigenvalue weighted by molar-refractivity contribution is -0.385. The van der Waals surface area contributed by atoms with Crippen molar-refractivity contribution in [3.05, 3.63) is 38.9 Å². The molecule has 2 fully saturated rings. The molecule has 1 spiro atoms. The molecule has 2 aliphatic heterocycles. The van der Waals surface area contributed by atoms with Crippen LogP contribution in [0.1, 0.15) is 23.2 Å². The summed E-state index contributed by atoms with van der Waals surface area (Å²) in [5.41, 5.74) is -0.0868. The van der Waals surface area contributed by atoms with Crippen LogP contribution in [0.2, 0.25) is 5.02 Å². The van der Waals surface area contributed by atoms with Crippen LogP contribution in [-0.2, 0) is 0 Å². The second-order valence-corrected chi connectivity index (χ2v) is 6.20. The Hall–Kier alpha value is -1.66. The predicted molar refractivity (Wildman–Crippen MR) is 78.5 cm³/mol. The van der Waals surface area contributed by atoms with Gasteiger partial charge in [-0.1, -0.05) is 17.7 Å². The van der Waals surface area contributed by atoms with E-state index < -0.39 is 4.92 Å². The zero-order valence-corrected chi connectivity index (χ0v) is 12.2. The van der Waals surface area contributed by atoms with Crippen molar-refractivity contribution in [1.82, 2.24) is 10.2 Å². The monoisotopic (exact) mass is 309 g/mol. The summed E-state index contributed by atoms with van der Waals surface area (Å²) in [5.74, 6) is -0.337. The van der Waals surface area contributed by atoms with Crippen LogP contribution in [0.4, 0.5) is 5.69 Å². The fraction of sp³-hybridized carbons (Fsp3) is 0.500. The molecule has 0 aromatic heterocycles. The fourth-order valence-corrected chi connectivity index (χ4v) is 3.54. The predicted octanol–water partition coefficient (Wildman–Crippen LogP) is 2.07. The Balaban J connectivity index is 1.88. The minimum absolute atomic E-state index is 0.00664. The van der Waals surface area contributed by atoms with Crippen molar-refractivity contribution in [2.45, 2.75) is 12.8 Å². The van der Waals surface area contributed by atoms with Crippen LogP contribution in [0.25, 0.3) is 0 Å². The van der Waals surface area contributed by atoms with Crippen molar-refractivity contribution in [2.24, 2.45) is 5.41 Å². The summed E-state index contributed by atoms with van der Waals surface area (Å²) in [6.45, 7) is 3.14. The van der Waals surface area contributed by atoms with Crippen molar-refractivity contribution in [3.8, 4) is 0 Å². The first-order valence-electron chi connectivity index (χ1n) is 6.95. The smallest absolute Gasteiger partial charge is 0.283 e. The zero-order valence-electron chi connectivity index (χ0n) is 11.5. The number of nitro benzene ring substituents is 1. The number of halogens is 1. The van der Waals surface area contributed by atoms with Crippen LogP contribution in [0.15, 0.2) is 18.2 Å². The van der Waals surface area contributed by atoms with Gasteiger partial charge in [0.2, 0.25) is 0 Å². The normalized spacial score (nSPS) is 24.7. The summed E-state index contributed by atoms with van der Waals surface area (Å²) in [7, 11) is 0. The molecule has 0 saturated carbocycles. The van der Waals surface area contributed by atoms with Gasteiger partial charge in [-0.15, -0.1) is 0 Å². The largest absolute Gasteiger partial charge is 0.338 e. The maximum Gasteiger partial charge on any atom is 0.283 e. The summed E-state index contributed by atoms with van der Waals surface area (Å²) in [6, 6.07) is 4.33. The maximum atomic E-state index is 12.6. The highest BCUT2D eigenvalue weighted by molar-refractivity contribution is 6.34. The number of rotatable bonds is 2. The molecule has 1 unspecified atom stereocenters. The van der Waals surface area contributed by atoms with E-state index in [2.05, 4.69) is 5.32 Å². The van der Waals surface area contributed by atoms with Crippen molar-refractivity contribution >= 4 is 23.2 Å². The van der Waals surface area contributed by atoms with E-state index in [1.807, 2.05) is 0 Å². The van der Waals surface area contributed by atoms with Crippen molar-refractivity contribution in [3.63, 3.8) is 0 Å². The third kappa shape index (κ3) is 2.49. The standard InChI is InChI=1S/C14H16ClN3O3/c15-10-2-1-3-11(18(20)21)12(10)13(19)17-7-5-14(9-17)4-6-16-8-14/h1-3,16H,4-9H2. The highest BCUT2D eigenvalue weighted by Crippen LogP contribution is 2.38. The second kappa shape index (κ2) is 5.27. The summed E-state index contributed by atoms with van der Waals surface area (Å²) < 4.78 is 0. The molecule has 3 rings (SSSR count). The lowest BCUT2D eigenvalue weighted by Gasteiger charge is -2.23. The number of nitrogens with one attached hydrogen (secondary N) is 1. The van der Waals surface area contributed by atoms with Crippen molar-refractivity contribution < 1.29 is 9.72 Å². The highest BCUT2D eigenvalue weighted by Gasteiger charge is 2.43. The number of carbonyl (C=O) groups excluding carboxylic acids is 1. The molecule has 2 saturated heterocycles. The van der Waals surface area contributed by atoms with E-state index in [4.69, 9.17) is 11.6 Å². The fourth-order valence-electron chi connectivity index (χ4n) is 3.29. The van der Waals surface area contributed by atoms with Crippen LogP contribution in [0.5, 0.6) is 0 Å². The van der Waals surface area contributed by atoms with E-state index in [1.54, 1.807) is 4.90 Å². The molecule has 2 heterocycles. The molecule has 1 aromatic rings. The molecule has 1 aromatic carbocycles. The molecule has 7 heteroatoms. The number of likely N-dealkylation sites (tertiary alicyclic amines) is 1. The van der Waals surface area contributed by atoms with Crippen molar-refractivity contribution in [2.75, 3.05) is 26.2 Å². The van der Waals surface area contributed by atoms with E-state index in [0.29, 0.717) is 13.1 Å². The lowest BCUT2D eigenvalue weighted by atomic mass is 9.86. The number of hydrogen-bond donors (Lipinski definition) is 1. The van der Waals surface area contributed by atoms with Gasteiger partial charge in [-0.05, 0) is 25.5 Å². The number of carbonyl (C=O) groups is 1. The Labute approximate surface area is 127 Å². The Kier molecular flexibility index (Phi) is 3.59. The average molecular weight is 310 g/mol. The number of amides is 1. The van der Waals surface area contributed by atoms with Gasteiger partial charge in [0.05, 0.1) is 9.95 Å². The molecule has 2 aliphatic rings. The third-order valence-electron chi connectivity index (χ3n) is 4.46. The van der Waals surface area contributed by atoms with Gasteiger partial charge in [-0.2, -0.15) is 0 Å². The number of nitrogens with zero attached hydrogens (tertiary/aromatic N) is 2. The molecular formula is C14H16ClN3O3. The molecular weight excluding hydrogens is 294 g/mol. The van der Waals surface area contributed by atoms with Gasteiger partial charge in [-0.3, -0.25) is 14.9 Å². The van der Waals surface area contributed by atoms with E-state index in [9.17, 15) is 14.9 Å². The Morgan fingerprint density at radius 3 is 2.90 bits per heavy atom. The number of nitro groups is 1. The highest BCUT2D eigenvalue weighted by atomic mass is 35.5. The van der Waals surface area contributed by atoms with Gasteiger partial charge < -0.3 is 10.2 Å². The number of benzene rings is 1. The van der Waals surface area contributed by atoms with Gasteiger partial charge in [0.15, 0.2) is 0 Å². The average Bonchev–Trinajstić information content (AvgIpc) is 3.08. The maximum absolute atomic E-state index is 12.6. The Morgan fingerprint density at radius 2 is 2.24 bits per heavy atom. The minimum Gasteiger partial charge on any atom is -0.338 e. The molecule has 0 aliphatic carbocycles. The van der Waals surface area contributed by atoms with E-state index in [1.165, 1.54) is 18.2 Å². The summed E-state index contributed by atoms with van der Waals surface area (Å²) in [4.78, 5) is 24.9. The Bertz CT molecular complexity index is 599. The molecule has 0 radical (unpaired) electrons. The molecule has 1 N–H and O–H groups in total. The summed E-state index contributed by atoms with van der Waals surface area (Å²) in [5, 5.41) is 14.6. The third-order valence-corrected chi connectivity index (χ3v) is 4.77. The quantitative estimate of drug-likeness (QED) is 0.670. The zero-order chi connectivity index (χ0) is 15.0. The van der Waals surface area contributed by atoms with Gasteiger partial charge in [0.25, 0.3) is 11.6 Å². The van der Waals surface area contributed by atoms with Gasteiger partial charge >= 0.3 is 0 Å². The van der Waals surface area contributed by atoms with Crippen LogP contribution < -0.4 is 5.32 Å². The lowest BCUT2D eigenvalue weighted by Crippen LogP contribution is -2.33. The number of hydrogen-bond acceptors (Lipinski definition) is 4. The second-order valence-electron chi connectivity index (χ2n) is 5.79. The summed E-state index contributed by atoms with van der Waals surface area (Å²) in [6.07, 6.45) is 1.98. The van der Waals surface area contributed by atoms with Gasteiger partial charge in [0.1, 0.15) is 5.56 Å². The van der Waals surface area contributed by atoms with Gasteiger partial charge in [0, 0.05) is 31.1 Å². The van der Waals surface area contributed by atoms with E-state index >= 15 is 0 Å². The first-order valence-corrected chi connectivity index (χ1v) is 7.33. The topological polar surface area (TPSA) is 75.5 Å². The van der Waals surface area contributed by atoms with Crippen LogP contribution >= 0.6 is 11.6 Å². The van der Waals surface area contributed by atoms with Crippen LogP contribution in [0.3, 0.4) is 0 Å². The first-order chi connectivity index (χ1) is 10.0. The van der Waals surface area contributed by atoms with Gasteiger partial charge in [-0.25, -0.2) is 0 Å². The van der Waals surface area contributed by atoms with Crippen molar-refractivity contribution in [1.29, 1.82) is 0 Å². The van der Waals surface area contributed by atoms with E-state index in [-0.39, 0.29) is 27.6 Å². The van der Waals surface area contributed by atoms with Crippen LogP contribution in [0, 0.1) is 15.5 Å². The Morgan fingerprint density at radius 1 is 1.43 bits per heavy atom. The molecule has 1 atom stereocenters. The molecule has 0 bridgehead atoms. The molecule has 1 amide bonds. The molecule has 6 nitrogen and oxygen atoms in total. The molecule has 112 valence electrons. The molecule has 21 heavy (non-hydrogen) atoms.